The Bertz CT molecular complexity index is 420. The van der Waals surface area contributed by atoms with Gasteiger partial charge in [-0.15, -0.1) is 0 Å². The molecule has 0 bridgehead atoms. The zero-order chi connectivity index (χ0) is 16.2. The number of aliphatic carboxylic acids is 1. The van der Waals surface area contributed by atoms with Crippen LogP contribution in [0.5, 0.6) is 0 Å². The lowest BCUT2D eigenvalue weighted by atomic mass is 10.0. The van der Waals surface area contributed by atoms with Gasteiger partial charge in [0.25, 0.3) is 0 Å². The van der Waals surface area contributed by atoms with Gasteiger partial charge in [0.15, 0.2) is 0 Å². The quantitative estimate of drug-likeness (QED) is 0.384. The molecule has 3 N–H and O–H groups in total. The maximum atomic E-state index is 11.3. The lowest BCUT2D eigenvalue weighted by molar-refractivity contribution is -0.139. The average molecular weight is 309 g/mol. The maximum absolute atomic E-state index is 11.3. The van der Waals surface area contributed by atoms with Gasteiger partial charge in [0.2, 0.25) is 0 Å². The molecular formula is C16H27N3O3. The van der Waals surface area contributed by atoms with E-state index in [0.717, 1.165) is 24.8 Å². The van der Waals surface area contributed by atoms with Crippen LogP contribution in [0.15, 0.2) is 12.5 Å². The van der Waals surface area contributed by atoms with Crippen LogP contribution in [0.1, 0.15) is 57.6 Å². The number of H-pyrrole nitrogens is 1. The fourth-order valence-electron chi connectivity index (χ4n) is 2.43. The van der Waals surface area contributed by atoms with E-state index in [1.807, 2.05) is 0 Å². The van der Waals surface area contributed by atoms with Crippen molar-refractivity contribution in [2.24, 2.45) is 0 Å². The minimum absolute atomic E-state index is 0.288. The Balaban J connectivity index is 2.34. The number of hydrogen-bond acceptors (Lipinski definition) is 4. The molecule has 124 valence electrons. The first-order chi connectivity index (χ1) is 10.7. The summed E-state index contributed by atoms with van der Waals surface area (Å²) >= 11 is 0. The lowest BCUT2D eigenvalue weighted by Gasteiger charge is -2.18. The van der Waals surface area contributed by atoms with Gasteiger partial charge in [-0.05, 0) is 6.42 Å². The highest BCUT2D eigenvalue weighted by atomic mass is 16.4. The van der Waals surface area contributed by atoms with Gasteiger partial charge in [-0.3, -0.25) is 10.1 Å². The van der Waals surface area contributed by atoms with Crippen LogP contribution in [0.25, 0.3) is 0 Å². The molecule has 0 radical (unpaired) electrons. The highest BCUT2D eigenvalue weighted by Crippen LogP contribution is 2.09. The molecule has 6 heteroatoms. The average Bonchev–Trinajstić information content (AvgIpc) is 3.01. The number of aromatic nitrogens is 2. The van der Waals surface area contributed by atoms with E-state index in [1.165, 1.54) is 32.0 Å². The number of aldehydes is 1. The molecule has 0 amide bonds. The van der Waals surface area contributed by atoms with Gasteiger partial charge >= 0.3 is 5.97 Å². The summed E-state index contributed by atoms with van der Waals surface area (Å²) in [7, 11) is 0. The second kappa shape index (κ2) is 11.0. The molecule has 0 saturated heterocycles. The van der Waals surface area contributed by atoms with Crippen LogP contribution < -0.4 is 5.32 Å². The summed E-state index contributed by atoms with van der Waals surface area (Å²) in [6, 6.07) is -1.19. The number of hydrogen-bond donors (Lipinski definition) is 3. The van der Waals surface area contributed by atoms with E-state index in [2.05, 4.69) is 22.2 Å². The van der Waals surface area contributed by atoms with Gasteiger partial charge in [-0.2, -0.15) is 0 Å². The van der Waals surface area contributed by atoms with Gasteiger partial charge < -0.3 is 14.9 Å². The summed E-state index contributed by atoms with van der Waals surface area (Å²) < 4.78 is 0. The van der Waals surface area contributed by atoms with Crippen molar-refractivity contribution < 1.29 is 14.7 Å². The molecule has 0 spiro atoms. The van der Waals surface area contributed by atoms with E-state index in [9.17, 15) is 14.7 Å². The summed E-state index contributed by atoms with van der Waals surface area (Å²) in [5.41, 5.74) is 0.740. The second-order valence-corrected chi connectivity index (χ2v) is 5.64. The van der Waals surface area contributed by atoms with Gasteiger partial charge in [0.1, 0.15) is 12.3 Å². The van der Waals surface area contributed by atoms with Crippen molar-refractivity contribution in [3.8, 4) is 0 Å². The number of nitrogens with zero attached hydrogens (tertiary/aromatic N) is 1. The van der Waals surface area contributed by atoms with Gasteiger partial charge in [0, 0.05) is 18.3 Å². The first-order valence-corrected chi connectivity index (χ1v) is 8.08. The number of carbonyl (C=O) groups is 2. The summed E-state index contributed by atoms with van der Waals surface area (Å²) in [5, 5.41) is 12.2. The number of aromatic amines is 1. The van der Waals surface area contributed by atoms with Crippen LogP contribution in [-0.2, 0) is 16.0 Å². The number of unbranched alkanes of at least 4 members (excludes halogenated alkanes) is 5. The summed E-state index contributed by atoms with van der Waals surface area (Å²) in [4.78, 5) is 29.2. The number of rotatable bonds is 13. The number of carboxylic acid groups (broad SMARTS) is 1. The Morgan fingerprint density at radius 3 is 2.68 bits per heavy atom. The van der Waals surface area contributed by atoms with Crippen molar-refractivity contribution in [2.45, 2.75) is 70.4 Å². The Hall–Kier alpha value is -1.69. The first kappa shape index (κ1) is 18.4. The Morgan fingerprint density at radius 2 is 2.09 bits per heavy atom. The Kier molecular flexibility index (Phi) is 9.14. The summed E-state index contributed by atoms with van der Waals surface area (Å²) in [6.45, 7) is 2.18. The number of nitrogens with one attached hydrogen (secondary N) is 2. The highest BCUT2D eigenvalue weighted by Gasteiger charge is 2.22. The third-order valence-electron chi connectivity index (χ3n) is 3.73. The van der Waals surface area contributed by atoms with Crippen LogP contribution in [0.3, 0.4) is 0 Å². The van der Waals surface area contributed by atoms with E-state index in [0.29, 0.717) is 6.42 Å². The van der Waals surface area contributed by atoms with Gasteiger partial charge in [-0.1, -0.05) is 45.4 Å². The molecule has 1 aromatic heterocycles. The minimum atomic E-state index is -0.954. The van der Waals surface area contributed by atoms with E-state index in [-0.39, 0.29) is 6.42 Å². The predicted molar refractivity (Wildman–Crippen MR) is 84.7 cm³/mol. The highest BCUT2D eigenvalue weighted by molar-refractivity contribution is 5.74. The zero-order valence-electron chi connectivity index (χ0n) is 13.3. The van der Waals surface area contributed by atoms with Crippen molar-refractivity contribution in [2.75, 3.05) is 0 Å². The third-order valence-corrected chi connectivity index (χ3v) is 3.73. The molecule has 1 rings (SSSR count). The van der Waals surface area contributed by atoms with Crippen molar-refractivity contribution in [1.29, 1.82) is 0 Å². The molecule has 1 aromatic rings. The monoisotopic (exact) mass is 309 g/mol. The molecule has 2 atom stereocenters. The second-order valence-electron chi connectivity index (χ2n) is 5.64. The number of imidazole rings is 1. The van der Waals surface area contributed by atoms with Crippen LogP contribution in [-0.4, -0.2) is 39.4 Å². The molecule has 0 aliphatic heterocycles. The normalized spacial score (nSPS) is 13.7. The molecular weight excluding hydrogens is 282 g/mol. The van der Waals surface area contributed by atoms with Crippen molar-refractivity contribution in [3.05, 3.63) is 18.2 Å². The lowest BCUT2D eigenvalue weighted by Crippen LogP contribution is -2.45. The molecule has 0 fully saturated rings. The smallest absolute Gasteiger partial charge is 0.321 e. The fraction of sp³-hybridized carbons (Fsp3) is 0.688. The molecule has 0 saturated carbocycles. The van der Waals surface area contributed by atoms with Crippen LogP contribution in [0.4, 0.5) is 0 Å². The SMILES string of the molecule is CCCCCCCCC(C=O)N[C@@H](Cc1cnc[nH]1)C(=O)O. The number of carboxylic acids is 1. The molecule has 22 heavy (non-hydrogen) atoms. The van der Waals surface area contributed by atoms with E-state index < -0.39 is 18.1 Å². The molecule has 0 aliphatic carbocycles. The molecule has 1 unspecified atom stereocenters. The van der Waals surface area contributed by atoms with Crippen LogP contribution >= 0.6 is 0 Å². The summed E-state index contributed by atoms with van der Waals surface area (Å²) in [6.07, 6.45) is 11.8. The molecule has 0 aromatic carbocycles. The Labute approximate surface area is 131 Å². The standard InChI is InChI=1S/C16H27N3O3/c1-2-3-4-5-6-7-8-13(11-20)19-15(16(21)22)9-14-10-17-12-18-14/h10-13,15,19H,2-9H2,1H3,(H,17,18)(H,21,22)/t13?,15-/m0/s1. The van der Waals surface area contributed by atoms with E-state index in [4.69, 9.17) is 0 Å². The molecule has 6 nitrogen and oxygen atoms in total. The predicted octanol–water partition coefficient (Wildman–Crippen LogP) is 2.31. The zero-order valence-corrected chi connectivity index (χ0v) is 13.3. The van der Waals surface area contributed by atoms with Crippen LogP contribution in [0, 0.1) is 0 Å². The van der Waals surface area contributed by atoms with Crippen molar-refractivity contribution >= 4 is 12.3 Å². The number of carbonyl (C=O) groups excluding carboxylic acids is 1. The van der Waals surface area contributed by atoms with Crippen molar-refractivity contribution in [3.63, 3.8) is 0 Å². The topological polar surface area (TPSA) is 95.1 Å². The maximum Gasteiger partial charge on any atom is 0.321 e. The fourth-order valence-corrected chi connectivity index (χ4v) is 2.43. The minimum Gasteiger partial charge on any atom is -0.480 e. The van der Waals surface area contributed by atoms with E-state index >= 15 is 0 Å². The van der Waals surface area contributed by atoms with Gasteiger partial charge in [-0.25, -0.2) is 4.98 Å². The third kappa shape index (κ3) is 7.36. The van der Waals surface area contributed by atoms with Crippen molar-refractivity contribution in [1.82, 2.24) is 15.3 Å². The van der Waals surface area contributed by atoms with E-state index in [1.54, 1.807) is 6.20 Å². The molecule has 0 aliphatic rings. The molecule has 1 heterocycles. The first-order valence-electron chi connectivity index (χ1n) is 8.08. The Morgan fingerprint density at radius 1 is 1.36 bits per heavy atom. The van der Waals surface area contributed by atoms with Crippen LogP contribution in [0.2, 0.25) is 0 Å². The largest absolute Gasteiger partial charge is 0.480 e. The summed E-state index contributed by atoms with van der Waals surface area (Å²) in [5.74, 6) is -0.954. The van der Waals surface area contributed by atoms with Gasteiger partial charge in [0.05, 0.1) is 12.4 Å².